The van der Waals surface area contributed by atoms with Crippen molar-refractivity contribution in [1.82, 2.24) is 10.2 Å². The number of nitrogens with zero attached hydrogens (tertiary/aromatic N) is 1. The summed E-state index contributed by atoms with van der Waals surface area (Å²) in [5.41, 5.74) is 2.81. The molecular formula is C22H30N2O2. The Morgan fingerprint density at radius 1 is 1.00 bits per heavy atom. The molecule has 1 atom stereocenters. The number of carbonyl (C=O) groups is 2. The molecule has 0 radical (unpaired) electrons. The molecule has 1 saturated carbocycles. The monoisotopic (exact) mass is 354 g/mol. The van der Waals surface area contributed by atoms with Crippen LogP contribution in [0.25, 0.3) is 0 Å². The second kappa shape index (κ2) is 6.71. The number of fused-ring (bicyclic) bond motifs is 1. The van der Waals surface area contributed by atoms with Crippen molar-refractivity contribution in [1.29, 1.82) is 0 Å². The van der Waals surface area contributed by atoms with E-state index < -0.39 is 0 Å². The second-order valence-corrected chi connectivity index (χ2v) is 8.94. The van der Waals surface area contributed by atoms with Crippen molar-refractivity contribution < 1.29 is 9.59 Å². The van der Waals surface area contributed by atoms with E-state index >= 15 is 0 Å². The Bertz CT molecular complexity index is 700. The fraction of sp³-hybridized carbons (Fsp3) is 0.636. The van der Waals surface area contributed by atoms with E-state index in [0.29, 0.717) is 5.91 Å². The van der Waals surface area contributed by atoms with Gasteiger partial charge in [0.05, 0.1) is 6.04 Å². The molecule has 2 fully saturated rings. The Kier molecular flexibility index (Phi) is 4.54. The van der Waals surface area contributed by atoms with Gasteiger partial charge in [0.15, 0.2) is 0 Å². The maximum Gasteiger partial charge on any atom is 0.225 e. The van der Waals surface area contributed by atoms with Crippen molar-refractivity contribution >= 4 is 11.8 Å². The van der Waals surface area contributed by atoms with Gasteiger partial charge in [0.2, 0.25) is 11.8 Å². The summed E-state index contributed by atoms with van der Waals surface area (Å²) in [6.07, 6.45) is 5.78. The predicted molar refractivity (Wildman–Crippen MR) is 102 cm³/mol. The van der Waals surface area contributed by atoms with Crippen LogP contribution in [-0.4, -0.2) is 29.8 Å². The normalized spacial score (nSPS) is 25.5. The Morgan fingerprint density at radius 3 is 2.38 bits per heavy atom. The van der Waals surface area contributed by atoms with Gasteiger partial charge in [0, 0.05) is 24.9 Å². The number of amides is 2. The molecule has 140 valence electrons. The van der Waals surface area contributed by atoms with Gasteiger partial charge in [-0.1, -0.05) is 38.1 Å². The van der Waals surface area contributed by atoms with Crippen molar-refractivity contribution in [2.24, 2.45) is 11.8 Å². The zero-order valence-corrected chi connectivity index (χ0v) is 16.0. The number of piperidine rings is 1. The van der Waals surface area contributed by atoms with Crippen LogP contribution in [-0.2, 0) is 15.0 Å². The highest BCUT2D eigenvalue weighted by molar-refractivity contribution is 5.82. The van der Waals surface area contributed by atoms with Gasteiger partial charge in [0.1, 0.15) is 0 Å². The van der Waals surface area contributed by atoms with Gasteiger partial charge in [-0.15, -0.1) is 0 Å². The van der Waals surface area contributed by atoms with Crippen molar-refractivity contribution in [3.05, 3.63) is 35.4 Å². The van der Waals surface area contributed by atoms with Crippen LogP contribution >= 0.6 is 0 Å². The summed E-state index contributed by atoms with van der Waals surface area (Å²) in [6, 6.07) is 8.66. The molecule has 1 saturated heterocycles. The second-order valence-electron chi connectivity index (χ2n) is 8.94. The Balaban J connectivity index is 1.37. The van der Waals surface area contributed by atoms with Gasteiger partial charge in [-0.05, 0) is 55.1 Å². The molecule has 2 aliphatic carbocycles. The average molecular weight is 354 g/mol. The predicted octanol–water partition coefficient (Wildman–Crippen LogP) is 3.56. The van der Waals surface area contributed by atoms with Crippen LogP contribution in [0.2, 0.25) is 0 Å². The molecule has 0 aromatic heterocycles. The molecule has 4 nitrogen and oxygen atoms in total. The fourth-order valence-electron chi connectivity index (χ4n) is 4.60. The van der Waals surface area contributed by atoms with Gasteiger partial charge in [-0.25, -0.2) is 0 Å². The summed E-state index contributed by atoms with van der Waals surface area (Å²) in [5.74, 6) is 0.804. The van der Waals surface area contributed by atoms with Crippen LogP contribution in [0.1, 0.15) is 69.5 Å². The number of nitrogens with one attached hydrogen (secondary N) is 1. The number of rotatable bonds is 3. The number of likely N-dealkylation sites (tertiary alicyclic amines) is 1. The smallest absolute Gasteiger partial charge is 0.225 e. The third kappa shape index (κ3) is 3.38. The zero-order chi connectivity index (χ0) is 18.3. The number of hydrogen-bond donors (Lipinski definition) is 1. The lowest BCUT2D eigenvalue weighted by Crippen LogP contribution is -2.45. The Hall–Kier alpha value is -1.84. The molecule has 0 spiro atoms. The molecule has 4 heteroatoms. The standard InChI is InChI=1S/C22H30N2O2/c1-22(2)12-9-19(17-5-3-4-6-18(17)22)23-20(25)15-10-13-24(14-11-15)21(26)16-7-8-16/h3-6,15-16,19H,7-14H2,1-2H3,(H,23,25). The summed E-state index contributed by atoms with van der Waals surface area (Å²) >= 11 is 0. The molecule has 4 rings (SSSR count). The van der Waals surface area contributed by atoms with E-state index in [0.717, 1.165) is 51.6 Å². The quantitative estimate of drug-likeness (QED) is 0.902. The highest BCUT2D eigenvalue weighted by Crippen LogP contribution is 2.41. The molecule has 26 heavy (non-hydrogen) atoms. The van der Waals surface area contributed by atoms with Crippen LogP contribution < -0.4 is 5.32 Å². The molecule has 2 amide bonds. The topological polar surface area (TPSA) is 49.4 Å². The summed E-state index contributed by atoms with van der Waals surface area (Å²) in [5, 5.41) is 3.32. The third-order valence-electron chi connectivity index (χ3n) is 6.54. The number of benzene rings is 1. The lowest BCUT2D eigenvalue weighted by Gasteiger charge is -2.38. The molecule has 1 aromatic rings. The van der Waals surface area contributed by atoms with Crippen LogP contribution in [0.3, 0.4) is 0 Å². The number of carbonyl (C=O) groups excluding carboxylic acids is 2. The van der Waals surface area contributed by atoms with E-state index in [1.807, 2.05) is 4.90 Å². The molecule has 1 unspecified atom stereocenters. The zero-order valence-electron chi connectivity index (χ0n) is 16.0. The molecule has 1 N–H and O–H groups in total. The lowest BCUT2D eigenvalue weighted by atomic mass is 9.71. The largest absolute Gasteiger partial charge is 0.349 e. The summed E-state index contributed by atoms with van der Waals surface area (Å²) in [6.45, 7) is 6.05. The molecule has 1 heterocycles. The first kappa shape index (κ1) is 17.6. The van der Waals surface area contributed by atoms with E-state index in [1.165, 1.54) is 11.1 Å². The minimum absolute atomic E-state index is 0.0420. The molecule has 1 aliphatic heterocycles. The highest BCUT2D eigenvalue weighted by Gasteiger charge is 2.37. The minimum atomic E-state index is 0.0420. The van der Waals surface area contributed by atoms with Gasteiger partial charge >= 0.3 is 0 Å². The molecular weight excluding hydrogens is 324 g/mol. The maximum absolute atomic E-state index is 12.8. The van der Waals surface area contributed by atoms with E-state index in [1.54, 1.807) is 0 Å². The summed E-state index contributed by atoms with van der Waals surface area (Å²) in [7, 11) is 0. The van der Waals surface area contributed by atoms with Crippen molar-refractivity contribution in [2.45, 2.75) is 63.8 Å². The van der Waals surface area contributed by atoms with Crippen LogP contribution in [0, 0.1) is 11.8 Å². The van der Waals surface area contributed by atoms with Crippen molar-refractivity contribution in [3.8, 4) is 0 Å². The van der Waals surface area contributed by atoms with Crippen LogP contribution in [0.15, 0.2) is 24.3 Å². The van der Waals surface area contributed by atoms with Gasteiger partial charge in [0.25, 0.3) is 0 Å². The highest BCUT2D eigenvalue weighted by atomic mass is 16.2. The van der Waals surface area contributed by atoms with Crippen LogP contribution in [0.4, 0.5) is 0 Å². The minimum Gasteiger partial charge on any atom is -0.349 e. The first-order chi connectivity index (χ1) is 12.5. The Labute approximate surface area is 156 Å². The molecule has 1 aromatic carbocycles. The first-order valence-corrected chi connectivity index (χ1v) is 10.1. The first-order valence-electron chi connectivity index (χ1n) is 10.1. The average Bonchev–Trinajstić information content (AvgIpc) is 3.49. The molecule has 0 bridgehead atoms. The van der Waals surface area contributed by atoms with E-state index in [2.05, 4.69) is 43.4 Å². The van der Waals surface area contributed by atoms with E-state index in [9.17, 15) is 9.59 Å². The van der Waals surface area contributed by atoms with Crippen molar-refractivity contribution in [3.63, 3.8) is 0 Å². The third-order valence-corrected chi connectivity index (χ3v) is 6.54. The fourth-order valence-corrected chi connectivity index (χ4v) is 4.60. The van der Waals surface area contributed by atoms with Gasteiger partial charge < -0.3 is 10.2 Å². The SMILES string of the molecule is CC1(C)CCC(NC(=O)C2CCN(C(=O)C3CC3)CC2)c2ccccc21. The van der Waals surface area contributed by atoms with E-state index in [-0.39, 0.29) is 29.2 Å². The molecule has 3 aliphatic rings. The lowest BCUT2D eigenvalue weighted by molar-refractivity contribution is -0.136. The van der Waals surface area contributed by atoms with Gasteiger partial charge in [-0.3, -0.25) is 9.59 Å². The maximum atomic E-state index is 12.8. The summed E-state index contributed by atoms with van der Waals surface area (Å²) in [4.78, 5) is 27.0. The van der Waals surface area contributed by atoms with Crippen LogP contribution in [0.5, 0.6) is 0 Å². The Morgan fingerprint density at radius 2 is 1.69 bits per heavy atom. The van der Waals surface area contributed by atoms with E-state index in [4.69, 9.17) is 0 Å². The van der Waals surface area contributed by atoms with Gasteiger partial charge in [-0.2, -0.15) is 0 Å². The number of hydrogen-bond acceptors (Lipinski definition) is 2. The summed E-state index contributed by atoms with van der Waals surface area (Å²) < 4.78 is 0. The van der Waals surface area contributed by atoms with Crippen molar-refractivity contribution in [2.75, 3.05) is 13.1 Å².